The fraction of sp³-hybridized carbons (Fsp3) is 0.286. The fourth-order valence-corrected chi connectivity index (χ4v) is 4.56. The zero-order valence-corrected chi connectivity index (χ0v) is 19.0. The minimum atomic E-state index is -1.12. The van der Waals surface area contributed by atoms with Crippen molar-refractivity contribution in [2.75, 3.05) is 13.7 Å². The molecular formula is C28H28O5. The second-order valence-corrected chi connectivity index (χ2v) is 8.76. The Balaban J connectivity index is 1.49. The quantitative estimate of drug-likeness (QED) is 0.467. The number of aliphatic carboxylic acids is 1. The molecule has 4 rings (SSSR count). The molecule has 1 aliphatic carbocycles. The van der Waals surface area contributed by atoms with Gasteiger partial charge < -0.3 is 14.6 Å². The first-order chi connectivity index (χ1) is 15.9. The van der Waals surface area contributed by atoms with Crippen LogP contribution < -0.4 is 9.47 Å². The Kier molecular flexibility index (Phi) is 6.50. The number of hydrogen-bond donors (Lipinski definition) is 1. The molecule has 170 valence electrons. The molecule has 0 aliphatic heterocycles. The number of hydrogen-bond acceptors (Lipinski definition) is 4. The number of carboxylic acid groups (broad SMARTS) is 1. The van der Waals surface area contributed by atoms with Gasteiger partial charge in [0, 0.05) is 18.4 Å². The van der Waals surface area contributed by atoms with Gasteiger partial charge in [0.25, 0.3) is 0 Å². The number of methoxy groups -OCH3 is 1. The van der Waals surface area contributed by atoms with Gasteiger partial charge in [0.15, 0.2) is 17.3 Å². The molecule has 0 bridgehead atoms. The minimum absolute atomic E-state index is 0.0634. The summed E-state index contributed by atoms with van der Waals surface area (Å²) in [5.41, 5.74) is 3.68. The minimum Gasteiger partial charge on any atom is -0.493 e. The summed E-state index contributed by atoms with van der Waals surface area (Å²) in [5.74, 6) is -0.126. The van der Waals surface area contributed by atoms with Crippen LogP contribution in [0.3, 0.4) is 0 Å². The van der Waals surface area contributed by atoms with Gasteiger partial charge in [-0.15, -0.1) is 0 Å². The predicted octanol–water partition coefficient (Wildman–Crippen LogP) is 5.07. The van der Waals surface area contributed by atoms with Gasteiger partial charge in [0.1, 0.15) is 0 Å². The molecule has 0 heterocycles. The Labute approximate surface area is 194 Å². The standard InChI is InChI=1S/C28H28O5/c1-19-6-5-7-20(14-19)12-13-33-26-15-21(10-11-25(26)32-2)24(29)18-28(27(30)31)16-22-8-3-4-9-23(22)17-28/h3-11,14-15H,12-13,16-18H2,1-2H3,(H,30,31). The molecule has 5 heteroatoms. The van der Waals surface area contributed by atoms with E-state index in [0.29, 0.717) is 36.5 Å². The van der Waals surface area contributed by atoms with Crippen molar-refractivity contribution < 1.29 is 24.2 Å². The maximum Gasteiger partial charge on any atom is 0.310 e. The summed E-state index contributed by atoms with van der Waals surface area (Å²) in [5, 5.41) is 10.0. The molecule has 0 aromatic heterocycles. The third-order valence-electron chi connectivity index (χ3n) is 6.35. The number of rotatable bonds is 9. The molecule has 1 aliphatic rings. The number of ketones is 1. The summed E-state index contributed by atoms with van der Waals surface area (Å²) in [7, 11) is 1.55. The van der Waals surface area contributed by atoms with Crippen molar-refractivity contribution in [3.05, 3.63) is 94.5 Å². The third-order valence-corrected chi connectivity index (χ3v) is 6.35. The normalized spacial score (nSPS) is 13.9. The van der Waals surface area contributed by atoms with Crippen molar-refractivity contribution in [3.8, 4) is 11.5 Å². The van der Waals surface area contributed by atoms with Crippen LogP contribution >= 0.6 is 0 Å². The highest BCUT2D eigenvalue weighted by molar-refractivity contribution is 5.99. The monoisotopic (exact) mass is 444 g/mol. The van der Waals surface area contributed by atoms with Gasteiger partial charge in [-0.25, -0.2) is 0 Å². The van der Waals surface area contributed by atoms with Crippen LogP contribution in [0.4, 0.5) is 0 Å². The van der Waals surface area contributed by atoms with Gasteiger partial charge in [-0.1, -0.05) is 54.1 Å². The highest BCUT2D eigenvalue weighted by Crippen LogP contribution is 2.41. The van der Waals surface area contributed by atoms with E-state index in [9.17, 15) is 14.7 Å². The Hall–Kier alpha value is -3.60. The summed E-state index contributed by atoms with van der Waals surface area (Å²) in [6.45, 7) is 2.49. The lowest BCUT2D eigenvalue weighted by atomic mass is 9.79. The number of aryl methyl sites for hydroxylation is 1. The van der Waals surface area contributed by atoms with Crippen molar-refractivity contribution in [3.63, 3.8) is 0 Å². The van der Waals surface area contributed by atoms with Gasteiger partial charge in [-0.05, 0) is 54.7 Å². The first kappa shape index (κ1) is 22.6. The number of ether oxygens (including phenoxy) is 2. The second-order valence-electron chi connectivity index (χ2n) is 8.76. The molecule has 1 N–H and O–H groups in total. The molecule has 33 heavy (non-hydrogen) atoms. The molecule has 0 spiro atoms. The number of fused-ring (bicyclic) bond motifs is 1. The molecular weight excluding hydrogens is 416 g/mol. The zero-order valence-electron chi connectivity index (χ0n) is 19.0. The third kappa shape index (κ3) is 4.92. The van der Waals surface area contributed by atoms with Gasteiger partial charge >= 0.3 is 5.97 Å². The van der Waals surface area contributed by atoms with Crippen LogP contribution in [-0.2, 0) is 24.1 Å². The van der Waals surface area contributed by atoms with E-state index in [1.807, 2.05) is 30.3 Å². The largest absolute Gasteiger partial charge is 0.493 e. The summed E-state index contributed by atoms with van der Waals surface area (Å²) < 4.78 is 11.4. The molecule has 0 saturated carbocycles. The van der Waals surface area contributed by atoms with E-state index in [1.54, 1.807) is 25.3 Å². The smallest absolute Gasteiger partial charge is 0.310 e. The zero-order chi connectivity index (χ0) is 23.4. The van der Waals surface area contributed by atoms with Crippen LogP contribution in [0.25, 0.3) is 0 Å². The fourth-order valence-electron chi connectivity index (χ4n) is 4.56. The van der Waals surface area contributed by atoms with Gasteiger partial charge in [-0.2, -0.15) is 0 Å². The molecule has 3 aromatic rings. The van der Waals surface area contributed by atoms with Gasteiger partial charge in [0.2, 0.25) is 0 Å². The van der Waals surface area contributed by atoms with Crippen LogP contribution in [0.2, 0.25) is 0 Å². The summed E-state index contributed by atoms with van der Waals surface area (Å²) in [6, 6.07) is 21.0. The van der Waals surface area contributed by atoms with Gasteiger partial charge in [-0.3, -0.25) is 9.59 Å². The second kappa shape index (κ2) is 9.49. The summed E-state index contributed by atoms with van der Waals surface area (Å²) in [6.07, 6.45) is 1.38. The lowest BCUT2D eigenvalue weighted by molar-refractivity contribution is -0.148. The Morgan fingerprint density at radius 3 is 2.30 bits per heavy atom. The summed E-state index contributed by atoms with van der Waals surface area (Å²) in [4.78, 5) is 25.4. The SMILES string of the molecule is COc1ccc(C(=O)CC2(C(=O)O)Cc3ccccc3C2)cc1OCCc1cccc(C)c1. The van der Waals surface area contributed by atoms with Crippen molar-refractivity contribution in [1.29, 1.82) is 0 Å². The number of benzene rings is 3. The van der Waals surface area contributed by atoms with E-state index in [-0.39, 0.29) is 12.2 Å². The summed E-state index contributed by atoms with van der Waals surface area (Å²) >= 11 is 0. The van der Waals surface area contributed by atoms with Crippen LogP contribution in [0, 0.1) is 12.3 Å². The number of carboxylic acids is 1. The van der Waals surface area contributed by atoms with Crippen molar-refractivity contribution in [1.82, 2.24) is 0 Å². The maximum atomic E-state index is 13.2. The first-order valence-electron chi connectivity index (χ1n) is 11.1. The molecule has 0 saturated heterocycles. The Bertz CT molecular complexity index is 1160. The van der Waals surface area contributed by atoms with E-state index < -0.39 is 11.4 Å². The van der Waals surface area contributed by atoms with E-state index in [0.717, 1.165) is 17.5 Å². The number of Topliss-reactive ketones (excluding diaryl/α,β-unsaturated/α-hetero) is 1. The average molecular weight is 445 g/mol. The molecule has 0 radical (unpaired) electrons. The van der Waals surface area contributed by atoms with E-state index in [2.05, 4.69) is 25.1 Å². The molecule has 0 atom stereocenters. The van der Waals surface area contributed by atoms with Crippen LogP contribution in [-0.4, -0.2) is 30.6 Å². The maximum absolute atomic E-state index is 13.2. The Morgan fingerprint density at radius 1 is 0.939 bits per heavy atom. The average Bonchev–Trinajstić information content (AvgIpc) is 3.18. The van der Waals surface area contributed by atoms with E-state index in [1.165, 1.54) is 11.1 Å². The lowest BCUT2D eigenvalue weighted by Crippen LogP contribution is -2.34. The molecule has 3 aromatic carbocycles. The van der Waals surface area contributed by atoms with Crippen LogP contribution in [0.15, 0.2) is 66.7 Å². The van der Waals surface area contributed by atoms with Crippen LogP contribution in [0.1, 0.15) is 39.0 Å². The highest BCUT2D eigenvalue weighted by atomic mass is 16.5. The number of carbonyl (C=O) groups excluding carboxylic acids is 1. The van der Waals surface area contributed by atoms with Gasteiger partial charge in [0.05, 0.1) is 19.1 Å². The van der Waals surface area contributed by atoms with Crippen LogP contribution in [0.5, 0.6) is 11.5 Å². The topological polar surface area (TPSA) is 72.8 Å². The highest BCUT2D eigenvalue weighted by Gasteiger charge is 2.45. The first-order valence-corrected chi connectivity index (χ1v) is 11.1. The molecule has 0 fully saturated rings. The predicted molar refractivity (Wildman–Crippen MR) is 126 cm³/mol. The Morgan fingerprint density at radius 2 is 1.67 bits per heavy atom. The molecule has 5 nitrogen and oxygen atoms in total. The molecule has 0 amide bonds. The van der Waals surface area contributed by atoms with E-state index in [4.69, 9.17) is 9.47 Å². The number of carbonyl (C=O) groups is 2. The van der Waals surface area contributed by atoms with Crippen molar-refractivity contribution in [2.24, 2.45) is 5.41 Å². The molecule has 0 unspecified atom stereocenters. The van der Waals surface area contributed by atoms with Crippen molar-refractivity contribution in [2.45, 2.75) is 32.6 Å². The van der Waals surface area contributed by atoms with Crippen molar-refractivity contribution >= 4 is 11.8 Å². The lowest BCUT2D eigenvalue weighted by Gasteiger charge is -2.23. The van der Waals surface area contributed by atoms with E-state index >= 15 is 0 Å².